The van der Waals surface area contributed by atoms with E-state index >= 15 is 0 Å². The van der Waals surface area contributed by atoms with Gasteiger partial charge in [-0.1, -0.05) is 11.6 Å². The van der Waals surface area contributed by atoms with Gasteiger partial charge in [-0.3, -0.25) is 4.98 Å². The van der Waals surface area contributed by atoms with Gasteiger partial charge in [0.1, 0.15) is 17.3 Å². The normalized spacial score (nSPS) is 10.3. The highest BCUT2D eigenvalue weighted by atomic mass is 35.5. The van der Waals surface area contributed by atoms with E-state index in [1.54, 1.807) is 24.4 Å². The average Bonchev–Trinajstić information content (AvgIpc) is 2.34. The van der Waals surface area contributed by atoms with Crippen LogP contribution in [-0.4, -0.2) is 4.98 Å². The zero-order valence-corrected chi connectivity index (χ0v) is 9.62. The fraction of sp³-hybridized carbons (Fsp3) is 0.0833. The lowest BCUT2D eigenvalue weighted by atomic mass is 10.3. The Morgan fingerprint density at radius 3 is 2.71 bits per heavy atom. The van der Waals surface area contributed by atoms with Crippen molar-refractivity contribution in [1.29, 1.82) is 0 Å². The van der Waals surface area contributed by atoms with Gasteiger partial charge < -0.3 is 10.5 Å². The molecule has 0 saturated heterocycles. The maximum absolute atomic E-state index is 13.2. The van der Waals surface area contributed by atoms with E-state index in [0.717, 1.165) is 0 Å². The molecule has 0 fully saturated rings. The molecule has 17 heavy (non-hydrogen) atoms. The van der Waals surface area contributed by atoms with Gasteiger partial charge >= 0.3 is 0 Å². The van der Waals surface area contributed by atoms with Gasteiger partial charge in [0.25, 0.3) is 0 Å². The molecule has 2 N–H and O–H groups in total. The Labute approximate surface area is 103 Å². The predicted molar refractivity (Wildman–Crippen MR) is 63.6 cm³/mol. The Morgan fingerprint density at radius 2 is 2.00 bits per heavy atom. The molecule has 88 valence electrons. The first-order chi connectivity index (χ1) is 8.19. The third kappa shape index (κ3) is 2.93. The lowest BCUT2D eigenvalue weighted by molar-refractivity contribution is 0.475. The second-order valence-electron chi connectivity index (χ2n) is 3.36. The van der Waals surface area contributed by atoms with Crippen LogP contribution in [0.2, 0.25) is 5.02 Å². The summed E-state index contributed by atoms with van der Waals surface area (Å²) in [7, 11) is 0. The first-order valence-corrected chi connectivity index (χ1v) is 5.35. The van der Waals surface area contributed by atoms with E-state index < -0.39 is 5.82 Å². The van der Waals surface area contributed by atoms with Crippen LogP contribution >= 0.6 is 11.6 Å². The molecule has 1 aromatic heterocycles. The second-order valence-corrected chi connectivity index (χ2v) is 3.77. The minimum Gasteiger partial charge on any atom is -0.457 e. The maximum Gasteiger partial charge on any atom is 0.145 e. The second kappa shape index (κ2) is 5.12. The van der Waals surface area contributed by atoms with E-state index in [9.17, 15) is 4.39 Å². The molecule has 0 atom stereocenters. The van der Waals surface area contributed by atoms with Crippen molar-refractivity contribution in [1.82, 2.24) is 4.98 Å². The minimum absolute atomic E-state index is 0.0646. The third-order valence-electron chi connectivity index (χ3n) is 2.12. The van der Waals surface area contributed by atoms with Crippen LogP contribution in [0.1, 0.15) is 5.69 Å². The van der Waals surface area contributed by atoms with E-state index in [4.69, 9.17) is 22.1 Å². The highest BCUT2D eigenvalue weighted by Crippen LogP contribution is 2.25. The molecule has 1 heterocycles. The standard InChI is InChI=1S/C12H10ClFN2O/c13-11-2-1-9(6-12(11)14)17-10-3-4-16-8(5-10)7-15/h1-6H,7,15H2. The first-order valence-electron chi connectivity index (χ1n) is 4.97. The van der Waals surface area contributed by atoms with Crippen molar-refractivity contribution in [2.24, 2.45) is 5.73 Å². The number of benzene rings is 1. The molecular formula is C12H10ClFN2O. The van der Waals surface area contributed by atoms with Crippen LogP contribution in [0.3, 0.4) is 0 Å². The summed E-state index contributed by atoms with van der Waals surface area (Å²) in [4.78, 5) is 4.03. The number of hydrogen-bond acceptors (Lipinski definition) is 3. The van der Waals surface area contributed by atoms with Crippen LogP contribution in [0.15, 0.2) is 36.5 Å². The van der Waals surface area contributed by atoms with Gasteiger partial charge in [0, 0.05) is 24.9 Å². The number of halogens is 2. The molecule has 2 rings (SSSR count). The number of rotatable bonds is 3. The molecule has 0 bridgehead atoms. The summed E-state index contributed by atoms with van der Waals surface area (Å²) >= 11 is 5.57. The molecule has 0 unspecified atom stereocenters. The molecule has 0 radical (unpaired) electrons. The van der Waals surface area contributed by atoms with Crippen LogP contribution < -0.4 is 10.5 Å². The van der Waals surface area contributed by atoms with Crippen LogP contribution in [0.25, 0.3) is 0 Å². The van der Waals surface area contributed by atoms with Crippen molar-refractivity contribution >= 4 is 11.6 Å². The molecule has 0 aliphatic heterocycles. The van der Waals surface area contributed by atoms with Crippen molar-refractivity contribution < 1.29 is 9.13 Å². The minimum atomic E-state index is -0.516. The third-order valence-corrected chi connectivity index (χ3v) is 2.43. The number of nitrogens with two attached hydrogens (primary N) is 1. The zero-order chi connectivity index (χ0) is 12.3. The Bertz CT molecular complexity index is 534. The molecule has 0 saturated carbocycles. The first kappa shape index (κ1) is 11.8. The molecule has 2 aromatic rings. The Hall–Kier alpha value is -1.65. The van der Waals surface area contributed by atoms with Crippen molar-refractivity contribution in [2.45, 2.75) is 6.54 Å². The van der Waals surface area contributed by atoms with Gasteiger partial charge in [-0.25, -0.2) is 4.39 Å². The molecule has 0 aliphatic rings. The summed E-state index contributed by atoms with van der Waals surface area (Å²) in [6, 6.07) is 7.63. The summed E-state index contributed by atoms with van der Waals surface area (Å²) in [5, 5.41) is 0.0646. The fourth-order valence-electron chi connectivity index (χ4n) is 1.31. The largest absolute Gasteiger partial charge is 0.457 e. The van der Waals surface area contributed by atoms with Crippen molar-refractivity contribution in [3.63, 3.8) is 0 Å². The van der Waals surface area contributed by atoms with Gasteiger partial charge in [-0.05, 0) is 18.2 Å². The lowest BCUT2D eigenvalue weighted by Gasteiger charge is -2.06. The van der Waals surface area contributed by atoms with E-state index in [2.05, 4.69) is 4.98 Å². The van der Waals surface area contributed by atoms with Gasteiger partial charge in [-0.15, -0.1) is 0 Å². The molecule has 3 nitrogen and oxygen atoms in total. The molecule has 0 spiro atoms. The zero-order valence-electron chi connectivity index (χ0n) is 8.86. The Morgan fingerprint density at radius 1 is 1.24 bits per heavy atom. The molecule has 0 amide bonds. The van der Waals surface area contributed by atoms with Gasteiger partial charge in [0.05, 0.1) is 10.7 Å². The molecule has 1 aromatic carbocycles. The van der Waals surface area contributed by atoms with E-state index in [1.165, 1.54) is 12.1 Å². The predicted octanol–water partition coefficient (Wildman–Crippen LogP) is 3.13. The maximum atomic E-state index is 13.2. The number of aromatic nitrogens is 1. The van der Waals surface area contributed by atoms with Crippen molar-refractivity contribution in [2.75, 3.05) is 0 Å². The molecular weight excluding hydrogens is 243 g/mol. The summed E-state index contributed by atoms with van der Waals surface area (Å²) in [5.41, 5.74) is 6.17. The van der Waals surface area contributed by atoms with Gasteiger partial charge in [0.15, 0.2) is 0 Å². The topological polar surface area (TPSA) is 48.1 Å². The summed E-state index contributed by atoms with van der Waals surface area (Å²) in [6.07, 6.45) is 1.59. The number of ether oxygens (including phenoxy) is 1. The fourth-order valence-corrected chi connectivity index (χ4v) is 1.43. The highest BCUT2D eigenvalue weighted by Gasteiger charge is 2.03. The van der Waals surface area contributed by atoms with Gasteiger partial charge in [-0.2, -0.15) is 0 Å². The molecule has 0 aliphatic carbocycles. The Kier molecular flexibility index (Phi) is 3.56. The van der Waals surface area contributed by atoms with Crippen molar-refractivity contribution in [3.8, 4) is 11.5 Å². The quantitative estimate of drug-likeness (QED) is 0.913. The van der Waals surface area contributed by atoms with E-state index in [-0.39, 0.29) is 5.02 Å². The van der Waals surface area contributed by atoms with Crippen LogP contribution in [-0.2, 0) is 6.54 Å². The van der Waals surface area contributed by atoms with Crippen molar-refractivity contribution in [3.05, 3.63) is 53.1 Å². The number of pyridine rings is 1. The Balaban J connectivity index is 2.22. The molecule has 5 heteroatoms. The van der Waals surface area contributed by atoms with Crippen LogP contribution in [0, 0.1) is 5.82 Å². The monoisotopic (exact) mass is 252 g/mol. The van der Waals surface area contributed by atoms with E-state index in [0.29, 0.717) is 23.7 Å². The van der Waals surface area contributed by atoms with Crippen LogP contribution in [0.4, 0.5) is 4.39 Å². The van der Waals surface area contributed by atoms with E-state index in [1.807, 2.05) is 0 Å². The summed E-state index contributed by atoms with van der Waals surface area (Å²) in [6.45, 7) is 0.326. The highest BCUT2D eigenvalue weighted by molar-refractivity contribution is 6.30. The smallest absolute Gasteiger partial charge is 0.145 e. The van der Waals surface area contributed by atoms with Crippen LogP contribution in [0.5, 0.6) is 11.5 Å². The van der Waals surface area contributed by atoms with Gasteiger partial charge in [0.2, 0.25) is 0 Å². The average molecular weight is 253 g/mol. The number of hydrogen-bond donors (Lipinski definition) is 1. The number of nitrogens with zero attached hydrogens (tertiary/aromatic N) is 1. The lowest BCUT2D eigenvalue weighted by Crippen LogP contribution is -1.99. The SMILES string of the molecule is NCc1cc(Oc2ccc(Cl)c(F)c2)ccn1. The summed E-state index contributed by atoms with van der Waals surface area (Å²) in [5.74, 6) is 0.417. The summed E-state index contributed by atoms with van der Waals surface area (Å²) < 4.78 is 18.6.